The van der Waals surface area contributed by atoms with Gasteiger partial charge in [0.1, 0.15) is 0 Å². The van der Waals surface area contributed by atoms with E-state index in [2.05, 4.69) is 0 Å². The summed E-state index contributed by atoms with van der Waals surface area (Å²) in [6, 6.07) is 0.0236. The van der Waals surface area contributed by atoms with Gasteiger partial charge in [-0.1, -0.05) is 0 Å². The molecule has 0 N–H and O–H groups in total. The number of amides is 3. The van der Waals surface area contributed by atoms with Crippen LogP contribution in [0.3, 0.4) is 0 Å². The third-order valence-corrected chi connectivity index (χ3v) is 4.38. The van der Waals surface area contributed by atoms with Gasteiger partial charge in [0.15, 0.2) is 0 Å². The molecule has 0 bridgehead atoms. The fraction of sp³-hybridized carbons (Fsp3) is 0.786. The highest BCUT2D eigenvalue weighted by atomic mass is 16.5. The minimum Gasteiger partial charge on any atom is -0.453 e. The zero-order chi connectivity index (χ0) is 15.6. The first-order valence-corrected chi connectivity index (χ1v) is 7.31. The van der Waals surface area contributed by atoms with Gasteiger partial charge in [0.25, 0.3) is 0 Å². The van der Waals surface area contributed by atoms with E-state index in [0.717, 1.165) is 12.8 Å². The molecule has 3 amide bonds. The molecule has 118 valence electrons. The summed E-state index contributed by atoms with van der Waals surface area (Å²) in [4.78, 5) is 40.9. The maximum absolute atomic E-state index is 12.6. The SMILES string of the molecule is COC(=O)N1CCC[C@H](C(=O)N2CC(=O)N(C)[C@@H](C)C2)C1. The molecule has 2 rings (SSSR count). The number of piperazine rings is 1. The molecule has 2 atom stereocenters. The Morgan fingerprint density at radius 3 is 2.57 bits per heavy atom. The number of carbonyl (C=O) groups excluding carboxylic acids is 3. The number of ether oxygens (including phenoxy) is 1. The van der Waals surface area contributed by atoms with Crippen molar-refractivity contribution in [3.8, 4) is 0 Å². The van der Waals surface area contributed by atoms with E-state index in [0.29, 0.717) is 19.6 Å². The molecule has 2 aliphatic heterocycles. The van der Waals surface area contributed by atoms with Crippen LogP contribution in [0, 0.1) is 5.92 Å². The van der Waals surface area contributed by atoms with Crippen molar-refractivity contribution in [1.82, 2.24) is 14.7 Å². The van der Waals surface area contributed by atoms with Crippen LogP contribution in [0.5, 0.6) is 0 Å². The summed E-state index contributed by atoms with van der Waals surface area (Å²) >= 11 is 0. The second kappa shape index (κ2) is 6.32. The van der Waals surface area contributed by atoms with Gasteiger partial charge in [-0.25, -0.2) is 4.79 Å². The summed E-state index contributed by atoms with van der Waals surface area (Å²) in [6.45, 7) is 3.61. The van der Waals surface area contributed by atoms with Crippen LogP contribution in [-0.2, 0) is 14.3 Å². The number of carbonyl (C=O) groups is 3. The van der Waals surface area contributed by atoms with Crippen molar-refractivity contribution in [3.05, 3.63) is 0 Å². The number of hydrogen-bond acceptors (Lipinski definition) is 4. The minimum absolute atomic E-state index is 0.0236. The maximum Gasteiger partial charge on any atom is 0.409 e. The van der Waals surface area contributed by atoms with Crippen LogP contribution >= 0.6 is 0 Å². The van der Waals surface area contributed by atoms with Crippen LogP contribution in [0.1, 0.15) is 19.8 Å². The molecule has 21 heavy (non-hydrogen) atoms. The van der Waals surface area contributed by atoms with Crippen LogP contribution in [0.2, 0.25) is 0 Å². The lowest BCUT2D eigenvalue weighted by molar-refractivity contribution is -0.150. The zero-order valence-corrected chi connectivity index (χ0v) is 12.9. The van der Waals surface area contributed by atoms with Crippen LogP contribution in [0.15, 0.2) is 0 Å². The summed E-state index contributed by atoms with van der Waals surface area (Å²) in [5.41, 5.74) is 0. The standard InChI is InChI=1S/C14H23N3O4/c1-10-7-17(9-12(18)15(10)2)13(19)11-5-4-6-16(8-11)14(20)21-3/h10-11H,4-9H2,1-3H3/t10-,11-/m0/s1. The molecular weight excluding hydrogens is 274 g/mol. The van der Waals surface area contributed by atoms with E-state index in [1.165, 1.54) is 7.11 Å². The van der Waals surface area contributed by atoms with Crippen molar-refractivity contribution in [2.24, 2.45) is 5.92 Å². The Balaban J connectivity index is 1.99. The predicted octanol–water partition coefficient (Wildman–Crippen LogP) is 0.154. The van der Waals surface area contributed by atoms with E-state index in [-0.39, 0.29) is 30.3 Å². The molecule has 0 spiro atoms. The molecule has 0 radical (unpaired) electrons. The quantitative estimate of drug-likeness (QED) is 0.691. The van der Waals surface area contributed by atoms with Crippen molar-refractivity contribution in [1.29, 1.82) is 0 Å². The number of rotatable bonds is 1. The monoisotopic (exact) mass is 297 g/mol. The molecule has 0 aliphatic carbocycles. The second-order valence-corrected chi connectivity index (χ2v) is 5.83. The smallest absolute Gasteiger partial charge is 0.409 e. The first kappa shape index (κ1) is 15.6. The molecular formula is C14H23N3O4. The predicted molar refractivity (Wildman–Crippen MR) is 75.5 cm³/mol. The highest BCUT2D eigenvalue weighted by molar-refractivity contribution is 5.87. The Morgan fingerprint density at radius 2 is 1.95 bits per heavy atom. The molecule has 0 unspecified atom stereocenters. The lowest BCUT2D eigenvalue weighted by Crippen LogP contribution is -2.57. The Labute approximate surface area is 124 Å². The summed E-state index contributed by atoms with van der Waals surface area (Å²) < 4.78 is 4.71. The normalized spacial score (nSPS) is 26.8. The largest absolute Gasteiger partial charge is 0.453 e. The number of likely N-dealkylation sites (tertiary alicyclic amines) is 1. The molecule has 0 aromatic carbocycles. The highest BCUT2D eigenvalue weighted by Crippen LogP contribution is 2.21. The van der Waals surface area contributed by atoms with Gasteiger partial charge in [0.05, 0.1) is 19.6 Å². The van der Waals surface area contributed by atoms with Crippen LogP contribution in [0.25, 0.3) is 0 Å². The van der Waals surface area contributed by atoms with Gasteiger partial charge in [0, 0.05) is 32.7 Å². The molecule has 7 nitrogen and oxygen atoms in total. The number of likely N-dealkylation sites (N-methyl/N-ethyl adjacent to an activating group) is 1. The summed E-state index contributed by atoms with van der Waals surface area (Å²) in [7, 11) is 3.10. The topological polar surface area (TPSA) is 70.2 Å². The van der Waals surface area contributed by atoms with Gasteiger partial charge in [-0.2, -0.15) is 0 Å². The molecule has 7 heteroatoms. The molecule has 2 saturated heterocycles. The lowest BCUT2D eigenvalue weighted by Gasteiger charge is -2.40. The molecule has 0 aromatic heterocycles. The first-order valence-electron chi connectivity index (χ1n) is 7.31. The molecule has 2 aliphatic rings. The number of methoxy groups -OCH3 is 1. The van der Waals surface area contributed by atoms with Gasteiger partial charge in [-0.3, -0.25) is 9.59 Å². The van der Waals surface area contributed by atoms with Gasteiger partial charge in [0.2, 0.25) is 11.8 Å². The van der Waals surface area contributed by atoms with Crippen LogP contribution in [0.4, 0.5) is 4.79 Å². The Morgan fingerprint density at radius 1 is 1.24 bits per heavy atom. The molecule has 0 saturated carbocycles. The Hall–Kier alpha value is -1.79. The fourth-order valence-electron chi connectivity index (χ4n) is 2.93. The molecule has 0 aromatic rings. The third-order valence-electron chi connectivity index (χ3n) is 4.38. The zero-order valence-electron chi connectivity index (χ0n) is 12.9. The minimum atomic E-state index is -0.393. The average molecular weight is 297 g/mol. The fourth-order valence-corrected chi connectivity index (χ4v) is 2.93. The lowest BCUT2D eigenvalue weighted by atomic mass is 9.96. The van der Waals surface area contributed by atoms with Gasteiger partial charge in [-0.15, -0.1) is 0 Å². The van der Waals surface area contributed by atoms with Crippen molar-refractivity contribution >= 4 is 17.9 Å². The molecule has 2 heterocycles. The highest BCUT2D eigenvalue weighted by Gasteiger charge is 2.36. The van der Waals surface area contributed by atoms with Crippen LogP contribution < -0.4 is 0 Å². The number of nitrogens with zero attached hydrogens (tertiary/aromatic N) is 3. The molecule has 2 fully saturated rings. The summed E-state index contributed by atoms with van der Waals surface area (Å²) in [6.07, 6.45) is 1.14. The second-order valence-electron chi connectivity index (χ2n) is 5.83. The van der Waals surface area contributed by atoms with Gasteiger partial charge in [-0.05, 0) is 19.8 Å². The average Bonchev–Trinajstić information content (AvgIpc) is 2.50. The van der Waals surface area contributed by atoms with Crippen molar-refractivity contribution < 1.29 is 19.1 Å². The maximum atomic E-state index is 12.6. The van der Waals surface area contributed by atoms with E-state index < -0.39 is 6.09 Å². The Kier molecular flexibility index (Phi) is 4.69. The summed E-state index contributed by atoms with van der Waals surface area (Å²) in [5.74, 6) is -0.305. The Bertz CT molecular complexity index is 440. The van der Waals surface area contributed by atoms with E-state index in [9.17, 15) is 14.4 Å². The third kappa shape index (κ3) is 3.28. The summed E-state index contributed by atoms with van der Waals surface area (Å²) in [5, 5.41) is 0. The van der Waals surface area contributed by atoms with Gasteiger partial charge < -0.3 is 19.4 Å². The van der Waals surface area contributed by atoms with Crippen LogP contribution in [-0.4, -0.2) is 79.0 Å². The van der Waals surface area contributed by atoms with Crippen molar-refractivity contribution in [2.75, 3.05) is 40.3 Å². The van der Waals surface area contributed by atoms with Crippen molar-refractivity contribution in [2.45, 2.75) is 25.8 Å². The van der Waals surface area contributed by atoms with Crippen molar-refractivity contribution in [3.63, 3.8) is 0 Å². The number of hydrogen-bond donors (Lipinski definition) is 0. The van der Waals surface area contributed by atoms with E-state index in [1.807, 2.05) is 6.92 Å². The van der Waals surface area contributed by atoms with Gasteiger partial charge >= 0.3 is 6.09 Å². The van der Waals surface area contributed by atoms with E-state index in [4.69, 9.17) is 4.74 Å². The van der Waals surface area contributed by atoms with E-state index >= 15 is 0 Å². The van der Waals surface area contributed by atoms with E-state index in [1.54, 1.807) is 21.7 Å². The first-order chi connectivity index (χ1) is 9.93. The number of piperidine rings is 1.